The van der Waals surface area contributed by atoms with Crippen molar-refractivity contribution in [2.75, 3.05) is 11.9 Å². The molecule has 1 aliphatic rings. The SMILES string of the molecule is O=C(NCC1CCCC1CBr)c1ccc(Cl)c(Br)c1. The number of carbonyl (C=O) groups excluding carboxylic acids is 1. The Kier molecular flexibility index (Phi) is 5.72. The predicted octanol–water partition coefficient (Wildman–Crippen LogP) is 4.64. The molecule has 2 rings (SSSR count). The lowest BCUT2D eigenvalue weighted by atomic mass is 9.98. The van der Waals surface area contributed by atoms with Crippen LogP contribution in [0.25, 0.3) is 0 Å². The minimum atomic E-state index is -0.0300. The Hall–Kier alpha value is -0.0600. The summed E-state index contributed by atoms with van der Waals surface area (Å²) in [7, 11) is 0. The van der Waals surface area contributed by atoms with Gasteiger partial charge in [-0.1, -0.05) is 34.0 Å². The molecule has 0 heterocycles. The lowest BCUT2D eigenvalue weighted by Gasteiger charge is -2.17. The molecule has 0 aromatic heterocycles. The molecule has 2 unspecified atom stereocenters. The van der Waals surface area contributed by atoms with Crippen LogP contribution in [0.3, 0.4) is 0 Å². The molecule has 1 aliphatic carbocycles. The van der Waals surface area contributed by atoms with Crippen LogP contribution in [0.15, 0.2) is 22.7 Å². The van der Waals surface area contributed by atoms with Crippen LogP contribution in [-0.4, -0.2) is 17.8 Å². The number of alkyl halides is 1. The third kappa shape index (κ3) is 3.96. The molecule has 0 spiro atoms. The fourth-order valence-corrected chi connectivity index (χ4v) is 3.90. The van der Waals surface area contributed by atoms with E-state index in [-0.39, 0.29) is 5.91 Å². The van der Waals surface area contributed by atoms with Crippen molar-refractivity contribution in [3.8, 4) is 0 Å². The van der Waals surface area contributed by atoms with E-state index in [1.807, 2.05) is 0 Å². The Morgan fingerprint density at radius 2 is 2.11 bits per heavy atom. The zero-order valence-electron chi connectivity index (χ0n) is 10.5. The van der Waals surface area contributed by atoms with Gasteiger partial charge in [0.15, 0.2) is 0 Å². The molecule has 104 valence electrons. The normalized spacial score (nSPS) is 22.5. The number of halogens is 3. The third-order valence-electron chi connectivity index (χ3n) is 3.72. The molecule has 0 radical (unpaired) electrons. The average molecular weight is 410 g/mol. The van der Waals surface area contributed by atoms with E-state index in [4.69, 9.17) is 11.6 Å². The van der Waals surface area contributed by atoms with Gasteiger partial charge in [0.05, 0.1) is 5.02 Å². The van der Waals surface area contributed by atoms with Crippen molar-refractivity contribution in [3.05, 3.63) is 33.3 Å². The van der Waals surface area contributed by atoms with E-state index >= 15 is 0 Å². The second kappa shape index (κ2) is 7.09. The van der Waals surface area contributed by atoms with Gasteiger partial charge in [0.2, 0.25) is 0 Å². The summed E-state index contributed by atoms with van der Waals surface area (Å²) in [5.41, 5.74) is 0.643. The van der Waals surface area contributed by atoms with Crippen LogP contribution in [-0.2, 0) is 0 Å². The molecule has 1 fully saturated rings. The molecule has 1 N–H and O–H groups in total. The summed E-state index contributed by atoms with van der Waals surface area (Å²) in [5.74, 6) is 1.26. The Morgan fingerprint density at radius 3 is 2.79 bits per heavy atom. The van der Waals surface area contributed by atoms with Crippen molar-refractivity contribution in [1.82, 2.24) is 5.32 Å². The van der Waals surface area contributed by atoms with Crippen LogP contribution in [0.1, 0.15) is 29.6 Å². The van der Waals surface area contributed by atoms with Gasteiger partial charge in [-0.25, -0.2) is 0 Å². The fourth-order valence-electron chi connectivity index (χ4n) is 2.55. The van der Waals surface area contributed by atoms with E-state index in [2.05, 4.69) is 37.2 Å². The number of rotatable bonds is 4. The van der Waals surface area contributed by atoms with Crippen molar-refractivity contribution in [1.29, 1.82) is 0 Å². The molecule has 2 atom stereocenters. The van der Waals surface area contributed by atoms with Gasteiger partial charge >= 0.3 is 0 Å². The first-order valence-corrected chi connectivity index (χ1v) is 8.70. The zero-order chi connectivity index (χ0) is 13.8. The third-order valence-corrected chi connectivity index (χ3v) is 5.77. The smallest absolute Gasteiger partial charge is 0.251 e. The van der Waals surface area contributed by atoms with Crippen LogP contribution in [0, 0.1) is 11.8 Å². The van der Waals surface area contributed by atoms with Crippen molar-refractivity contribution >= 4 is 49.4 Å². The maximum absolute atomic E-state index is 12.1. The lowest BCUT2D eigenvalue weighted by Crippen LogP contribution is -2.31. The maximum Gasteiger partial charge on any atom is 0.251 e. The van der Waals surface area contributed by atoms with Gasteiger partial charge in [0.25, 0.3) is 5.91 Å². The predicted molar refractivity (Wildman–Crippen MR) is 86.1 cm³/mol. The summed E-state index contributed by atoms with van der Waals surface area (Å²) in [6, 6.07) is 5.24. The fraction of sp³-hybridized carbons (Fsp3) is 0.500. The lowest BCUT2D eigenvalue weighted by molar-refractivity contribution is 0.0944. The van der Waals surface area contributed by atoms with E-state index < -0.39 is 0 Å². The number of benzene rings is 1. The van der Waals surface area contributed by atoms with Crippen LogP contribution in [0.5, 0.6) is 0 Å². The summed E-state index contributed by atoms with van der Waals surface area (Å²) in [6.07, 6.45) is 3.74. The van der Waals surface area contributed by atoms with E-state index in [0.29, 0.717) is 22.4 Å². The number of hydrogen-bond donors (Lipinski definition) is 1. The molecule has 1 aromatic carbocycles. The van der Waals surface area contributed by atoms with Gasteiger partial charge in [-0.3, -0.25) is 4.79 Å². The molecule has 1 aromatic rings. The average Bonchev–Trinajstić information content (AvgIpc) is 2.86. The van der Waals surface area contributed by atoms with Crippen LogP contribution in [0.2, 0.25) is 5.02 Å². The first-order valence-electron chi connectivity index (χ1n) is 6.41. The summed E-state index contributed by atoms with van der Waals surface area (Å²) in [5, 5.41) is 4.67. The Bertz CT molecular complexity index is 467. The van der Waals surface area contributed by atoms with Crippen LogP contribution in [0.4, 0.5) is 0 Å². The zero-order valence-corrected chi connectivity index (χ0v) is 14.4. The maximum atomic E-state index is 12.1. The highest BCUT2D eigenvalue weighted by Crippen LogP contribution is 2.32. The van der Waals surface area contributed by atoms with Crippen molar-refractivity contribution in [2.24, 2.45) is 11.8 Å². The van der Waals surface area contributed by atoms with Crippen LogP contribution < -0.4 is 5.32 Å². The quantitative estimate of drug-likeness (QED) is 0.721. The molecule has 19 heavy (non-hydrogen) atoms. The highest BCUT2D eigenvalue weighted by Gasteiger charge is 2.26. The number of hydrogen-bond acceptors (Lipinski definition) is 1. The largest absolute Gasteiger partial charge is 0.352 e. The van der Waals surface area contributed by atoms with Crippen molar-refractivity contribution in [3.63, 3.8) is 0 Å². The molecular weight excluding hydrogens is 393 g/mol. The number of nitrogens with one attached hydrogen (secondary N) is 1. The van der Waals surface area contributed by atoms with Crippen LogP contribution >= 0.6 is 43.5 Å². The van der Waals surface area contributed by atoms with Gasteiger partial charge in [0.1, 0.15) is 0 Å². The van der Waals surface area contributed by atoms with Crippen molar-refractivity contribution in [2.45, 2.75) is 19.3 Å². The molecule has 5 heteroatoms. The summed E-state index contributed by atoms with van der Waals surface area (Å²) >= 11 is 12.8. The second-order valence-electron chi connectivity index (χ2n) is 4.94. The topological polar surface area (TPSA) is 29.1 Å². The van der Waals surface area contributed by atoms with E-state index in [1.165, 1.54) is 19.3 Å². The number of carbonyl (C=O) groups is 1. The molecule has 0 saturated heterocycles. The highest BCUT2D eigenvalue weighted by molar-refractivity contribution is 9.10. The molecule has 1 amide bonds. The standard InChI is InChI=1S/C14H16Br2ClNO/c15-7-10-2-1-3-11(10)8-18-14(19)9-4-5-13(17)12(16)6-9/h4-6,10-11H,1-3,7-8H2,(H,18,19). The van der Waals surface area contributed by atoms with Gasteiger partial charge in [-0.05, 0) is 58.8 Å². The van der Waals surface area contributed by atoms with E-state index in [9.17, 15) is 4.79 Å². The second-order valence-corrected chi connectivity index (χ2v) is 6.85. The van der Waals surface area contributed by atoms with Gasteiger partial charge in [-0.2, -0.15) is 0 Å². The molecule has 0 bridgehead atoms. The Balaban J connectivity index is 1.92. The first-order chi connectivity index (χ1) is 9.11. The van der Waals surface area contributed by atoms with E-state index in [0.717, 1.165) is 16.3 Å². The number of amides is 1. The minimum Gasteiger partial charge on any atom is -0.352 e. The van der Waals surface area contributed by atoms with Gasteiger partial charge in [0, 0.05) is 21.9 Å². The Labute approximate surface area is 135 Å². The van der Waals surface area contributed by atoms with Crippen molar-refractivity contribution < 1.29 is 4.79 Å². The highest BCUT2D eigenvalue weighted by atomic mass is 79.9. The minimum absolute atomic E-state index is 0.0300. The monoisotopic (exact) mass is 407 g/mol. The summed E-state index contributed by atoms with van der Waals surface area (Å²) in [6.45, 7) is 0.759. The molecular formula is C14H16Br2ClNO. The summed E-state index contributed by atoms with van der Waals surface area (Å²) in [4.78, 5) is 12.1. The Morgan fingerprint density at radius 1 is 1.37 bits per heavy atom. The van der Waals surface area contributed by atoms with Gasteiger partial charge in [-0.15, -0.1) is 0 Å². The molecule has 2 nitrogen and oxygen atoms in total. The summed E-state index contributed by atoms with van der Waals surface area (Å²) < 4.78 is 0.751. The molecule has 1 saturated carbocycles. The molecule has 0 aliphatic heterocycles. The van der Waals surface area contributed by atoms with Gasteiger partial charge < -0.3 is 5.32 Å². The first kappa shape index (κ1) is 15.3. The van der Waals surface area contributed by atoms with E-state index in [1.54, 1.807) is 18.2 Å².